The minimum atomic E-state index is 0.292. The average molecular weight is 254 g/mol. The Hall–Kier alpha value is -0.420. The fraction of sp³-hybridized carbons (Fsp3) is 0.692. The molecule has 1 aliphatic carbocycles. The number of ether oxygens (including phenoxy) is 1. The third kappa shape index (κ3) is 3.28. The molecule has 1 aliphatic rings. The Labute approximate surface area is 107 Å². The number of fused-ring (bicyclic) bond motifs is 1. The van der Waals surface area contributed by atoms with E-state index in [9.17, 15) is 0 Å². The molecule has 3 N–H and O–H groups in total. The van der Waals surface area contributed by atoms with E-state index in [0.29, 0.717) is 6.04 Å². The van der Waals surface area contributed by atoms with Crippen molar-refractivity contribution in [3.05, 3.63) is 21.4 Å². The Balaban J connectivity index is 2.00. The van der Waals surface area contributed by atoms with E-state index >= 15 is 0 Å². The maximum absolute atomic E-state index is 5.66. The molecule has 1 atom stereocenters. The zero-order valence-corrected chi connectivity index (χ0v) is 11.3. The standard InChI is InChI=1S/C13H22N2OS/c1-16-8-4-6-11(15-14)13-9-10-5-2-3-7-12(10)17-13/h9,11,15H,2-8,14H2,1H3. The van der Waals surface area contributed by atoms with Gasteiger partial charge in [-0.3, -0.25) is 11.3 Å². The van der Waals surface area contributed by atoms with Gasteiger partial charge in [-0.25, -0.2) is 0 Å². The molecular formula is C13H22N2OS. The van der Waals surface area contributed by atoms with E-state index in [1.54, 1.807) is 17.6 Å². The van der Waals surface area contributed by atoms with Crippen molar-refractivity contribution in [1.29, 1.82) is 0 Å². The van der Waals surface area contributed by atoms with Crippen LogP contribution in [0.4, 0.5) is 0 Å². The first-order valence-electron chi connectivity index (χ1n) is 6.41. The Morgan fingerprint density at radius 3 is 3.00 bits per heavy atom. The van der Waals surface area contributed by atoms with Gasteiger partial charge in [0.05, 0.1) is 6.04 Å². The molecule has 1 aromatic heterocycles. The van der Waals surface area contributed by atoms with Crippen molar-refractivity contribution in [2.45, 2.75) is 44.6 Å². The van der Waals surface area contributed by atoms with Crippen LogP contribution in [0.1, 0.15) is 47.0 Å². The SMILES string of the molecule is COCCCC(NN)c1cc2c(s1)CCCC2. The summed E-state index contributed by atoms with van der Waals surface area (Å²) >= 11 is 1.94. The average Bonchev–Trinajstić information content (AvgIpc) is 2.78. The maximum atomic E-state index is 5.66. The third-order valence-electron chi connectivity index (χ3n) is 3.40. The van der Waals surface area contributed by atoms with E-state index in [0.717, 1.165) is 19.4 Å². The topological polar surface area (TPSA) is 47.3 Å². The van der Waals surface area contributed by atoms with Crippen molar-refractivity contribution in [1.82, 2.24) is 5.43 Å². The molecule has 96 valence electrons. The Kier molecular flexibility index (Phi) is 4.98. The largest absolute Gasteiger partial charge is 0.385 e. The summed E-state index contributed by atoms with van der Waals surface area (Å²) in [4.78, 5) is 2.98. The van der Waals surface area contributed by atoms with Crippen molar-refractivity contribution < 1.29 is 4.74 Å². The van der Waals surface area contributed by atoms with Gasteiger partial charge in [0.1, 0.15) is 0 Å². The number of rotatable bonds is 6. The molecule has 2 rings (SSSR count). The van der Waals surface area contributed by atoms with Crippen LogP contribution >= 0.6 is 11.3 Å². The highest BCUT2D eigenvalue weighted by Crippen LogP contribution is 2.34. The molecule has 0 fully saturated rings. The Bertz CT molecular complexity index is 328. The molecular weight excluding hydrogens is 232 g/mol. The van der Waals surface area contributed by atoms with Crippen molar-refractivity contribution >= 4 is 11.3 Å². The quantitative estimate of drug-likeness (QED) is 0.466. The van der Waals surface area contributed by atoms with Gasteiger partial charge in [0.2, 0.25) is 0 Å². The molecule has 17 heavy (non-hydrogen) atoms. The Morgan fingerprint density at radius 2 is 2.29 bits per heavy atom. The zero-order chi connectivity index (χ0) is 12.1. The van der Waals surface area contributed by atoms with Crippen LogP contribution in [0, 0.1) is 0 Å². The molecule has 0 bridgehead atoms. The molecule has 1 aromatic rings. The lowest BCUT2D eigenvalue weighted by Gasteiger charge is -2.13. The number of thiophene rings is 1. The van der Waals surface area contributed by atoms with E-state index in [1.807, 2.05) is 11.3 Å². The number of nitrogens with two attached hydrogens (primary N) is 1. The van der Waals surface area contributed by atoms with Gasteiger partial charge in [0.15, 0.2) is 0 Å². The molecule has 4 heteroatoms. The first kappa shape index (κ1) is 13.0. The highest BCUT2D eigenvalue weighted by atomic mass is 32.1. The summed E-state index contributed by atoms with van der Waals surface area (Å²) in [5, 5.41) is 0. The predicted octanol–water partition coefficient (Wildman–Crippen LogP) is 2.56. The minimum absolute atomic E-state index is 0.292. The van der Waals surface area contributed by atoms with Gasteiger partial charge in [-0.05, 0) is 50.2 Å². The number of methoxy groups -OCH3 is 1. The number of hydrogen-bond donors (Lipinski definition) is 2. The summed E-state index contributed by atoms with van der Waals surface area (Å²) in [6.45, 7) is 0.809. The third-order valence-corrected chi connectivity index (χ3v) is 4.75. The smallest absolute Gasteiger partial charge is 0.0554 e. The van der Waals surface area contributed by atoms with E-state index in [2.05, 4.69) is 11.5 Å². The van der Waals surface area contributed by atoms with Gasteiger partial charge in [-0.2, -0.15) is 0 Å². The zero-order valence-electron chi connectivity index (χ0n) is 10.5. The lowest BCUT2D eigenvalue weighted by Crippen LogP contribution is -2.27. The maximum Gasteiger partial charge on any atom is 0.0554 e. The molecule has 3 nitrogen and oxygen atoms in total. The Morgan fingerprint density at radius 1 is 1.47 bits per heavy atom. The molecule has 0 aromatic carbocycles. The van der Waals surface area contributed by atoms with Gasteiger partial charge in [0, 0.05) is 23.5 Å². The summed E-state index contributed by atoms with van der Waals surface area (Å²) in [5.74, 6) is 5.66. The van der Waals surface area contributed by atoms with Gasteiger partial charge in [-0.1, -0.05) is 0 Å². The molecule has 0 spiro atoms. The van der Waals surface area contributed by atoms with Gasteiger partial charge >= 0.3 is 0 Å². The van der Waals surface area contributed by atoms with E-state index in [1.165, 1.54) is 30.6 Å². The molecule has 0 saturated carbocycles. The van der Waals surface area contributed by atoms with Crippen LogP contribution in [0.2, 0.25) is 0 Å². The second-order valence-corrected chi connectivity index (χ2v) is 5.83. The molecule has 1 heterocycles. The van der Waals surface area contributed by atoms with Crippen LogP contribution in [0.3, 0.4) is 0 Å². The van der Waals surface area contributed by atoms with Crippen molar-refractivity contribution in [2.24, 2.45) is 5.84 Å². The molecule has 1 unspecified atom stereocenters. The highest BCUT2D eigenvalue weighted by molar-refractivity contribution is 7.12. The van der Waals surface area contributed by atoms with Gasteiger partial charge in [-0.15, -0.1) is 11.3 Å². The fourth-order valence-electron chi connectivity index (χ4n) is 2.42. The second kappa shape index (κ2) is 6.50. The van der Waals surface area contributed by atoms with Gasteiger partial charge in [0.25, 0.3) is 0 Å². The molecule has 0 saturated heterocycles. The van der Waals surface area contributed by atoms with E-state index in [-0.39, 0.29) is 0 Å². The normalized spacial score (nSPS) is 16.8. The summed E-state index contributed by atoms with van der Waals surface area (Å²) < 4.78 is 5.09. The van der Waals surface area contributed by atoms with Crippen molar-refractivity contribution in [3.8, 4) is 0 Å². The van der Waals surface area contributed by atoms with Crippen LogP contribution in [0.25, 0.3) is 0 Å². The van der Waals surface area contributed by atoms with Crippen LogP contribution in [0.15, 0.2) is 6.07 Å². The monoisotopic (exact) mass is 254 g/mol. The number of nitrogens with one attached hydrogen (secondary N) is 1. The van der Waals surface area contributed by atoms with Crippen LogP contribution in [-0.2, 0) is 17.6 Å². The summed E-state index contributed by atoms with van der Waals surface area (Å²) in [6, 6.07) is 2.65. The lowest BCUT2D eigenvalue weighted by molar-refractivity contribution is 0.189. The van der Waals surface area contributed by atoms with Crippen molar-refractivity contribution in [3.63, 3.8) is 0 Å². The summed E-state index contributed by atoms with van der Waals surface area (Å²) in [6.07, 6.45) is 7.29. The summed E-state index contributed by atoms with van der Waals surface area (Å²) in [7, 11) is 1.74. The van der Waals surface area contributed by atoms with Gasteiger partial charge < -0.3 is 4.74 Å². The first-order chi connectivity index (χ1) is 8.35. The van der Waals surface area contributed by atoms with Crippen molar-refractivity contribution in [2.75, 3.05) is 13.7 Å². The molecule has 0 amide bonds. The van der Waals surface area contributed by atoms with E-state index in [4.69, 9.17) is 10.6 Å². The number of hydrazine groups is 1. The van der Waals surface area contributed by atoms with Crippen LogP contribution in [0.5, 0.6) is 0 Å². The number of aryl methyl sites for hydroxylation is 2. The first-order valence-corrected chi connectivity index (χ1v) is 7.23. The lowest BCUT2D eigenvalue weighted by atomic mass is 9.98. The fourth-order valence-corrected chi connectivity index (χ4v) is 3.78. The summed E-state index contributed by atoms with van der Waals surface area (Å²) in [5.41, 5.74) is 4.50. The molecule has 0 radical (unpaired) electrons. The minimum Gasteiger partial charge on any atom is -0.385 e. The second-order valence-electron chi connectivity index (χ2n) is 4.66. The predicted molar refractivity (Wildman–Crippen MR) is 72.1 cm³/mol. The van der Waals surface area contributed by atoms with Crippen LogP contribution in [-0.4, -0.2) is 13.7 Å². The number of hydrogen-bond acceptors (Lipinski definition) is 4. The van der Waals surface area contributed by atoms with Crippen LogP contribution < -0.4 is 11.3 Å². The highest BCUT2D eigenvalue weighted by Gasteiger charge is 2.18. The molecule has 0 aliphatic heterocycles. The van der Waals surface area contributed by atoms with E-state index < -0.39 is 0 Å².